The number of aliphatic carboxylic acids is 1. The third kappa shape index (κ3) is 3.82. The van der Waals surface area contributed by atoms with Crippen LogP contribution in [0, 0.1) is 0 Å². The van der Waals surface area contributed by atoms with Gasteiger partial charge in [0.25, 0.3) is 5.91 Å². The molecule has 2 saturated heterocycles. The SMILES string of the molecule is CCN1OOC(c2ccc(C(=O)N3CCC(C(=O)O)(c4ccccc4)CC3)cc2)O1. The fraction of sp³-hybridized carbons (Fsp3) is 0.364. The Kier molecular flexibility index (Phi) is 5.83. The van der Waals surface area contributed by atoms with Crippen molar-refractivity contribution in [2.45, 2.75) is 31.5 Å². The minimum Gasteiger partial charge on any atom is -0.481 e. The molecule has 2 aromatic carbocycles. The van der Waals surface area contributed by atoms with Crippen molar-refractivity contribution in [3.63, 3.8) is 0 Å². The van der Waals surface area contributed by atoms with Crippen molar-refractivity contribution in [2.24, 2.45) is 0 Å². The molecule has 8 nitrogen and oxygen atoms in total. The molecule has 0 bridgehead atoms. The second kappa shape index (κ2) is 8.53. The molecule has 2 fully saturated rings. The Labute approximate surface area is 174 Å². The number of rotatable bonds is 5. The van der Waals surface area contributed by atoms with Crippen LogP contribution in [-0.4, -0.2) is 46.7 Å². The molecule has 30 heavy (non-hydrogen) atoms. The molecule has 8 heteroatoms. The lowest BCUT2D eigenvalue weighted by Gasteiger charge is -2.39. The summed E-state index contributed by atoms with van der Waals surface area (Å²) in [6, 6.07) is 16.2. The molecule has 0 spiro atoms. The van der Waals surface area contributed by atoms with E-state index in [-0.39, 0.29) is 5.91 Å². The highest BCUT2D eigenvalue weighted by Gasteiger charge is 2.44. The maximum Gasteiger partial charge on any atom is 0.314 e. The number of benzene rings is 2. The minimum absolute atomic E-state index is 0.117. The number of carboxylic acid groups (broad SMARTS) is 1. The number of likely N-dealkylation sites (tertiary alicyclic amines) is 1. The number of carboxylic acids is 1. The number of amides is 1. The molecule has 0 radical (unpaired) electrons. The van der Waals surface area contributed by atoms with E-state index in [1.54, 1.807) is 29.2 Å². The van der Waals surface area contributed by atoms with E-state index in [0.29, 0.717) is 38.0 Å². The average Bonchev–Trinajstić information content (AvgIpc) is 3.29. The fourth-order valence-electron chi connectivity index (χ4n) is 3.91. The zero-order valence-corrected chi connectivity index (χ0v) is 16.7. The first-order chi connectivity index (χ1) is 14.5. The monoisotopic (exact) mass is 412 g/mol. The first-order valence-electron chi connectivity index (χ1n) is 9.99. The third-order valence-corrected chi connectivity index (χ3v) is 5.75. The summed E-state index contributed by atoms with van der Waals surface area (Å²) in [5.74, 6) is -0.960. The standard InChI is InChI=1S/C22H24N2O6/c1-2-24-28-20(29-30-24)17-10-8-16(9-11-17)19(25)23-14-12-22(13-15-23,21(26)27)18-6-4-3-5-7-18/h3-11,20H,2,12-15H2,1H3,(H,26,27). The highest BCUT2D eigenvalue weighted by molar-refractivity contribution is 5.94. The molecule has 1 N–H and O–H groups in total. The summed E-state index contributed by atoms with van der Waals surface area (Å²) in [6.45, 7) is 3.15. The van der Waals surface area contributed by atoms with Gasteiger partial charge in [-0.25, -0.2) is 4.84 Å². The second-order valence-corrected chi connectivity index (χ2v) is 7.42. The molecule has 1 amide bonds. The highest BCUT2D eigenvalue weighted by atomic mass is 17.4. The predicted molar refractivity (Wildman–Crippen MR) is 106 cm³/mol. The van der Waals surface area contributed by atoms with Gasteiger partial charge >= 0.3 is 5.97 Å². The highest BCUT2D eigenvalue weighted by Crippen LogP contribution is 2.36. The molecular formula is C22H24N2O6. The lowest BCUT2D eigenvalue weighted by Crippen LogP contribution is -2.49. The zero-order chi connectivity index (χ0) is 21.1. The summed E-state index contributed by atoms with van der Waals surface area (Å²) < 4.78 is 0. The Morgan fingerprint density at radius 3 is 2.30 bits per heavy atom. The van der Waals surface area contributed by atoms with Crippen molar-refractivity contribution in [1.29, 1.82) is 0 Å². The van der Waals surface area contributed by atoms with E-state index < -0.39 is 17.7 Å². The van der Waals surface area contributed by atoms with Gasteiger partial charge in [-0.3, -0.25) is 9.59 Å². The van der Waals surface area contributed by atoms with Gasteiger partial charge < -0.3 is 10.0 Å². The number of carbonyl (C=O) groups is 2. The van der Waals surface area contributed by atoms with Crippen molar-refractivity contribution in [1.82, 2.24) is 10.1 Å². The Balaban J connectivity index is 1.42. The molecule has 0 saturated carbocycles. The van der Waals surface area contributed by atoms with Crippen molar-refractivity contribution < 1.29 is 29.4 Å². The number of carbonyl (C=O) groups excluding carboxylic acids is 1. The summed E-state index contributed by atoms with van der Waals surface area (Å²) in [5, 5.41) is 11.1. The Hall–Kier alpha value is -2.78. The zero-order valence-electron chi connectivity index (χ0n) is 16.7. The largest absolute Gasteiger partial charge is 0.481 e. The van der Waals surface area contributed by atoms with Crippen LogP contribution in [-0.2, 0) is 24.9 Å². The Bertz CT molecular complexity index is 894. The molecule has 2 aromatic rings. The minimum atomic E-state index is -0.954. The second-order valence-electron chi connectivity index (χ2n) is 7.42. The summed E-state index contributed by atoms with van der Waals surface area (Å²) in [7, 11) is 0. The van der Waals surface area contributed by atoms with Gasteiger partial charge in [0.2, 0.25) is 6.29 Å². The molecule has 4 rings (SSSR count). The lowest BCUT2D eigenvalue weighted by molar-refractivity contribution is -0.411. The van der Waals surface area contributed by atoms with Crippen LogP contribution >= 0.6 is 0 Å². The van der Waals surface area contributed by atoms with E-state index in [1.807, 2.05) is 37.3 Å². The number of hydroxylamine groups is 2. The summed E-state index contributed by atoms with van der Waals surface area (Å²) >= 11 is 0. The molecular weight excluding hydrogens is 388 g/mol. The molecule has 1 unspecified atom stereocenters. The fourth-order valence-corrected chi connectivity index (χ4v) is 3.91. The van der Waals surface area contributed by atoms with E-state index in [4.69, 9.17) is 14.7 Å². The van der Waals surface area contributed by atoms with Gasteiger partial charge in [0.1, 0.15) is 0 Å². The van der Waals surface area contributed by atoms with E-state index in [2.05, 4.69) is 0 Å². The smallest absolute Gasteiger partial charge is 0.314 e. The van der Waals surface area contributed by atoms with Crippen molar-refractivity contribution in [2.75, 3.05) is 19.6 Å². The topological polar surface area (TPSA) is 88.5 Å². The molecule has 0 aliphatic carbocycles. The van der Waals surface area contributed by atoms with Crippen LogP contribution in [0.1, 0.15) is 47.5 Å². The summed E-state index contributed by atoms with van der Waals surface area (Å²) in [5.41, 5.74) is 1.10. The lowest BCUT2D eigenvalue weighted by atomic mass is 9.73. The van der Waals surface area contributed by atoms with Gasteiger partial charge in [-0.15, -0.1) is 4.99 Å². The van der Waals surface area contributed by atoms with Crippen LogP contribution in [0.2, 0.25) is 0 Å². The van der Waals surface area contributed by atoms with Gasteiger partial charge in [0.05, 0.1) is 12.0 Å². The Morgan fingerprint density at radius 2 is 1.73 bits per heavy atom. The molecule has 1 atom stereocenters. The van der Waals surface area contributed by atoms with Gasteiger partial charge in [-0.05, 0) is 42.7 Å². The first kappa shape index (κ1) is 20.5. The molecule has 158 valence electrons. The number of hydrogen-bond donors (Lipinski definition) is 1. The molecule has 2 aliphatic rings. The number of hydrogen-bond acceptors (Lipinski definition) is 6. The van der Waals surface area contributed by atoms with Gasteiger partial charge in [-0.1, -0.05) is 42.5 Å². The van der Waals surface area contributed by atoms with Gasteiger partial charge in [-0.2, -0.15) is 4.89 Å². The van der Waals surface area contributed by atoms with Crippen LogP contribution in [0.15, 0.2) is 54.6 Å². The van der Waals surface area contributed by atoms with E-state index in [0.717, 1.165) is 11.1 Å². The Morgan fingerprint density at radius 1 is 1.07 bits per heavy atom. The normalized spacial score (nSPS) is 21.5. The first-order valence-corrected chi connectivity index (χ1v) is 9.99. The van der Waals surface area contributed by atoms with Gasteiger partial charge in [0.15, 0.2) is 0 Å². The van der Waals surface area contributed by atoms with Crippen molar-refractivity contribution in [3.05, 3.63) is 71.3 Å². The quantitative estimate of drug-likeness (QED) is 0.755. The maximum absolute atomic E-state index is 12.9. The van der Waals surface area contributed by atoms with Gasteiger partial charge in [0, 0.05) is 24.2 Å². The predicted octanol–water partition coefficient (Wildman–Crippen LogP) is 3.07. The molecule has 2 aliphatic heterocycles. The summed E-state index contributed by atoms with van der Waals surface area (Å²) in [4.78, 5) is 42.2. The number of piperidine rings is 1. The van der Waals surface area contributed by atoms with Crippen LogP contribution in [0.25, 0.3) is 0 Å². The molecule has 0 aromatic heterocycles. The molecule has 2 heterocycles. The van der Waals surface area contributed by atoms with Crippen LogP contribution in [0.3, 0.4) is 0 Å². The van der Waals surface area contributed by atoms with Crippen LogP contribution < -0.4 is 0 Å². The third-order valence-electron chi connectivity index (χ3n) is 5.75. The van der Waals surface area contributed by atoms with Crippen LogP contribution in [0.5, 0.6) is 0 Å². The van der Waals surface area contributed by atoms with Crippen LogP contribution in [0.4, 0.5) is 0 Å². The van der Waals surface area contributed by atoms with E-state index in [9.17, 15) is 14.7 Å². The maximum atomic E-state index is 12.9. The average molecular weight is 412 g/mol. The van der Waals surface area contributed by atoms with Crippen molar-refractivity contribution >= 4 is 11.9 Å². The number of nitrogens with zero attached hydrogens (tertiary/aromatic N) is 2. The summed E-state index contributed by atoms with van der Waals surface area (Å²) in [6.07, 6.45) is 0.0833. The van der Waals surface area contributed by atoms with Crippen molar-refractivity contribution in [3.8, 4) is 0 Å². The van der Waals surface area contributed by atoms with E-state index in [1.165, 1.54) is 5.23 Å². The van der Waals surface area contributed by atoms with E-state index >= 15 is 0 Å².